The summed E-state index contributed by atoms with van der Waals surface area (Å²) in [6.45, 7) is 0.866. The minimum Gasteiger partial charge on any atom is -0.346 e. The molecule has 4 rings (SSSR count). The monoisotopic (exact) mass is 373 g/mol. The number of carbonyl (C=O) groups excluding carboxylic acids is 1. The van der Waals surface area contributed by atoms with Crippen molar-refractivity contribution in [1.82, 2.24) is 35.7 Å². The minimum absolute atomic E-state index is 0.133. The summed E-state index contributed by atoms with van der Waals surface area (Å²) in [4.78, 5) is 16.9. The van der Waals surface area contributed by atoms with E-state index < -0.39 is 0 Å². The molecule has 2 aromatic heterocycles. The van der Waals surface area contributed by atoms with Crippen molar-refractivity contribution in [3.63, 3.8) is 0 Å². The number of carbonyl (C=O) groups is 1. The molecule has 1 aliphatic rings. The van der Waals surface area contributed by atoms with E-state index in [1.165, 1.54) is 0 Å². The summed E-state index contributed by atoms with van der Waals surface area (Å²) in [5, 5.41) is 18.9. The first kappa shape index (κ1) is 16.6. The van der Waals surface area contributed by atoms with Crippen LogP contribution in [0.1, 0.15) is 36.9 Å². The first-order valence-electron chi connectivity index (χ1n) is 8.33. The number of rotatable bonds is 4. The molecule has 26 heavy (non-hydrogen) atoms. The Morgan fingerprint density at radius 3 is 3.12 bits per heavy atom. The molecular weight excluding hydrogens is 358 g/mol. The van der Waals surface area contributed by atoms with Gasteiger partial charge in [0.25, 0.3) is 0 Å². The van der Waals surface area contributed by atoms with Gasteiger partial charge < -0.3 is 9.84 Å². The fraction of sp³-hybridized carbons (Fsp3) is 0.375. The van der Waals surface area contributed by atoms with Crippen LogP contribution in [-0.2, 0) is 17.9 Å². The van der Waals surface area contributed by atoms with Crippen LogP contribution in [-0.4, -0.2) is 36.3 Å². The lowest BCUT2D eigenvalue weighted by Gasteiger charge is -2.12. The maximum absolute atomic E-state index is 12.6. The highest BCUT2D eigenvalue weighted by Gasteiger charge is 2.28. The smallest absolute Gasteiger partial charge is 0.246 e. The zero-order valence-electron chi connectivity index (χ0n) is 13.8. The van der Waals surface area contributed by atoms with Crippen molar-refractivity contribution < 1.29 is 9.32 Å². The molecule has 0 fully saturated rings. The van der Waals surface area contributed by atoms with Gasteiger partial charge in [0.05, 0.1) is 17.5 Å². The molecule has 3 aromatic rings. The number of hydrogen-bond acceptors (Lipinski definition) is 7. The third-order valence-corrected chi connectivity index (χ3v) is 4.63. The number of nitrogens with one attached hydrogen (secondary N) is 1. The maximum Gasteiger partial charge on any atom is 0.246 e. The summed E-state index contributed by atoms with van der Waals surface area (Å²) < 4.78 is 6.90. The molecule has 0 saturated heterocycles. The van der Waals surface area contributed by atoms with E-state index in [4.69, 9.17) is 16.1 Å². The molecule has 134 valence electrons. The Bertz CT molecular complexity index is 923. The molecule has 0 saturated carbocycles. The van der Waals surface area contributed by atoms with Crippen molar-refractivity contribution in [2.45, 2.75) is 38.3 Å². The largest absolute Gasteiger partial charge is 0.346 e. The minimum atomic E-state index is -0.376. The van der Waals surface area contributed by atoms with E-state index in [9.17, 15) is 4.79 Å². The Balaban J connectivity index is 1.44. The van der Waals surface area contributed by atoms with Crippen molar-refractivity contribution in [2.24, 2.45) is 0 Å². The summed E-state index contributed by atoms with van der Waals surface area (Å²) in [5.74, 6) is 0.765. The lowest BCUT2D eigenvalue weighted by molar-refractivity contribution is -0.123. The molecule has 1 N–H and O–H groups in total. The predicted octanol–water partition coefficient (Wildman–Crippen LogP) is 1.96. The molecule has 1 aliphatic heterocycles. The summed E-state index contributed by atoms with van der Waals surface area (Å²) in [6, 6.07) is 7.23. The third kappa shape index (κ3) is 3.30. The molecule has 0 spiro atoms. The second-order valence-electron chi connectivity index (χ2n) is 6.02. The van der Waals surface area contributed by atoms with E-state index >= 15 is 0 Å². The molecule has 0 aliphatic carbocycles. The average molecular weight is 374 g/mol. The van der Waals surface area contributed by atoms with Crippen LogP contribution < -0.4 is 5.32 Å². The summed E-state index contributed by atoms with van der Waals surface area (Å²) in [5.41, 5.74) is 0.679. The fourth-order valence-corrected chi connectivity index (χ4v) is 3.19. The Labute approximate surface area is 153 Å². The Hall–Kier alpha value is -2.81. The number of aryl methyl sites for hydroxylation is 1. The summed E-state index contributed by atoms with van der Waals surface area (Å²) in [6.07, 6.45) is 2.59. The van der Waals surface area contributed by atoms with Gasteiger partial charge in [-0.2, -0.15) is 4.98 Å². The van der Waals surface area contributed by atoms with Gasteiger partial charge in [-0.1, -0.05) is 35.3 Å². The van der Waals surface area contributed by atoms with E-state index in [2.05, 4.69) is 31.0 Å². The molecule has 3 heterocycles. The van der Waals surface area contributed by atoms with Crippen LogP contribution in [0, 0.1) is 0 Å². The lowest BCUT2D eigenvalue weighted by Crippen LogP contribution is -2.30. The van der Waals surface area contributed by atoms with Crippen LogP contribution in [0.2, 0.25) is 5.02 Å². The zero-order valence-corrected chi connectivity index (χ0v) is 14.6. The number of benzene rings is 1. The van der Waals surface area contributed by atoms with Gasteiger partial charge in [-0.05, 0) is 35.4 Å². The predicted molar refractivity (Wildman–Crippen MR) is 91.0 cm³/mol. The van der Waals surface area contributed by atoms with Gasteiger partial charge >= 0.3 is 0 Å². The Morgan fingerprint density at radius 2 is 2.23 bits per heavy atom. The molecule has 10 heteroatoms. The normalized spacial score (nSPS) is 16.7. The van der Waals surface area contributed by atoms with Gasteiger partial charge in [0.2, 0.25) is 17.6 Å². The van der Waals surface area contributed by atoms with Gasteiger partial charge in [0, 0.05) is 12.1 Å². The fourth-order valence-electron chi connectivity index (χ4n) is 2.97. The highest BCUT2D eigenvalue weighted by atomic mass is 35.5. The quantitative estimate of drug-likeness (QED) is 0.743. The van der Waals surface area contributed by atoms with E-state index in [-0.39, 0.29) is 18.4 Å². The number of amides is 1. The van der Waals surface area contributed by atoms with Crippen LogP contribution in [0.4, 0.5) is 0 Å². The van der Waals surface area contributed by atoms with E-state index in [0.717, 1.165) is 19.4 Å². The molecule has 0 radical (unpaired) electrons. The SMILES string of the molecule is O=C(NCc1nc(-c2ccccc2Cl)no1)[C@H]1CCCCn2nnnc21. The van der Waals surface area contributed by atoms with Gasteiger partial charge in [0.15, 0.2) is 5.82 Å². The van der Waals surface area contributed by atoms with Crippen LogP contribution in [0.3, 0.4) is 0 Å². The molecule has 0 unspecified atom stereocenters. The summed E-state index contributed by atoms with van der Waals surface area (Å²) in [7, 11) is 0. The van der Waals surface area contributed by atoms with E-state index in [1.807, 2.05) is 12.1 Å². The maximum atomic E-state index is 12.6. The zero-order chi connectivity index (χ0) is 17.9. The Kier molecular flexibility index (Phi) is 4.61. The number of aromatic nitrogens is 6. The first-order valence-corrected chi connectivity index (χ1v) is 8.71. The van der Waals surface area contributed by atoms with Crippen molar-refractivity contribution in [2.75, 3.05) is 0 Å². The number of fused-ring (bicyclic) bond motifs is 1. The average Bonchev–Trinajstić information content (AvgIpc) is 3.26. The van der Waals surface area contributed by atoms with Crippen LogP contribution >= 0.6 is 11.6 Å². The number of halogens is 1. The van der Waals surface area contributed by atoms with E-state index in [1.54, 1.807) is 16.8 Å². The van der Waals surface area contributed by atoms with Crippen molar-refractivity contribution in [3.05, 3.63) is 41.0 Å². The van der Waals surface area contributed by atoms with Crippen molar-refractivity contribution >= 4 is 17.5 Å². The molecule has 0 bridgehead atoms. The molecule has 1 aromatic carbocycles. The molecule has 1 amide bonds. The number of nitrogens with zero attached hydrogens (tertiary/aromatic N) is 6. The van der Waals surface area contributed by atoms with Gasteiger partial charge in [-0.25, -0.2) is 4.68 Å². The summed E-state index contributed by atoms with van der Waals surface area (Å²) >= 11 is 6.14. The van der Waals surface area contributed by atoms with Crippen molar-refractivity contribution in [1.29, 1.82) is 0 Å². The highest BCUT2D eigenvalue weighted by molar-refractivity contribution is 6.33. The van der Waals surface area contributed by atoms with Crippen LogP contribution in [0.5, 0.6) is 0 Å². The topological polar surface area (TPSA) is 112 Å². The Morgan fingerprint density at radius 1 is 1.35 bits per heavy atom. The van der Waals surface area contributed by atoms with Gasteiger partial charge in [-0.3, -0.25) is 4.79 Å². The first-order chi connectivity index (χ1) is 12.7. The molecular formula is C16H16ClN7O2. The standard InChI is InChI=1S/C16H16ClN7O2/c17-12-7-2-1-5-10(12)14-19-13(26-21-14)9-18-16(25)11-6-3-4-8-24-15(11)20-22-23-24/h1-2,5,7,11H,3-4,6,8-9H2,(H,18,25)/t11-/m0/s1. The highest BCUT2D eigenvalue weighted by Crippen LogP contribution is 2.26. The van der Waals surface area contributed by atoms with E-state index in [0.29, 0.717) is 34.5 Å². The number of tetrazole rings is 1. The number of hydrogen-bond donors (Lipinski definition) is 1. The van der Waals surface area contributed by atoms with Gasteiger partial charge in [-0.15, -0.1) is 5.10 Å². The third-order valence-electron chi connectivity index (χ3n) is 4.30. The molecule has 1 atom stereocenters. The molecule has 9 nitrogen and oxygen atoms in total. The second-order valence-corrected chi connectivity index (χ2v) is 6.43. The van der Waals surface area contributed by atoms with Crippen LogP contribution in [0.15, 0.2) is 28.8 Å². The van der Waals surface area contributed by atoms with Gasteiger partial charge in [0.1, 0.15) is 0 Å². The second kappa shape index (κ2) is 7.20. The van der Waals surface area contributed by atoms with Crippen LogP contribution in [0.25, 0.3) is 11.4 Å². The lowest BCUT2D eigenvalue weighted by atomic mass is 10.0. The van der Waals surface area contributed by atoms with Crippen molar-refractivity contribution in [3.8, 4) is 11.4 Å².